The van der Waals surface area contributed by atoms with Crippen molar-refractivity contribution in [1.82, 2.24) is 5.32 Å². The van der Waals surface area contributed by atoms with Crippen molar-refractivity contribution in [2.45, 2.75) is 13.0 Å². The van der Waals surface area contributed by atoms with Gasteiger partial charge in [0, 0.05) is 10.7 Å². The minimum Gasteiger partial charge on any atom is -0.398 e. The molecule has 20 heavy (non-hydrogen) atoms. The number of rotatable bonds is 3. The number of anilines is 1. The zero-order chi connectivity index (χ0) is 14.7. The van der Waals surface area contributed by atoms with Gasteiger partial charge < -0.3 is 11.1 Å². The summed E-state index contributed by atoms with van der Waals surface area (Å²) in [4.78, 5) is 12.1. The zero-order valence-electron chi connectivity index (χ0n) is 10.9. The molecule has 0 saturated carbocycles. The van der Waals surface area contributed by atoms with Gasteiger partial charge in [-0.2, -0.15) is 0 Å². The summed E-state index contributed by atoms with van der Waals surface area (Å²) in [6, 6.07) is 10.6. The molecule has 0 saturated heterocycles. The summed E-state index contributed by atoms with van der Waals surface area (Å²) in [5, 5.41) is 3.31. The van der Waals surface area contributed by atoms with Crippen molar-refractivity contribution in [3.8, 4) is 0 Å². The summed E-state index contributed by atoms with van der Waals surface area (Å²) in [7, 11) is 0. The number of amides is 1. The molecule has 1 atom stereocenters. The highest BCUT2D eigenvalue weighted by Crippen LogP contribution is 2.23. The molecule has 0 unspecified atom stereocenters. The van der Waals surface area contributed by atoms with Crippen LogP contribution in [0.25, 0.3) is 0 Å². The van der Waals surface area contributed by atoms with Crippen LogP contribution in [-0.2, 0) is 0 Å². The second-order valence-corrected chi connectivity index (χ2v) is 4.86. The van der Waals surface area contributed by atoms with Gasteiger partial charge in [0.15, 0.2) is 0 Å². The molecule has 0 aromatic heterocycles. The Bertz CT molecular complexity index is 646. The Morgan fingerprint density at radius 2 is 2.00 bits per heavy atom. The summed E-state index contributed by atoms with van der Waals surface area (Å²) in [6.45, 7) is 1.80. The van der Waals surface area contributed by atoms with Gasteiger partial charge in [-0.1, -0.05) is 29.8 Å². The topological polar surface area (TPSA) is 55.1 Å². The third-order valence-electron chi connectivity index (χ3n) is 2.98. The summed E-state index contributed by atoms with van der Waals surface area (Å²) in [5.41, 5.74) is 6.82. The fraction of sp³-hybridized carbons (Fsp3) is 0.133. The van der Waals surface area contributed by atoms with Crippen LogP contribution in [0.3, 0.4) is 0 Å². The number of carbonyl (C=O) groups excluding carboxylic acids is 1. The van der Waals surface area contributed by atoms with Crippen LogP contribution in [-0.4, -0.2) is 5.91 Å². The van der Waals surface area contributed by atoms with Gasteiger partial charge in [0.1, 0.15) is 5.82 Å². The Hall–Kier alpha value is -2.07. The van der Waals surface area contributed by atoms with E-state index in [1.54, 1.807) is 13.0 Å². The van der Waals surface area contributed by atoms with Crippen LogP contribution in [0.2, 0.25) is 5.02 Å². The van der Waals surface area contributed by atoms with Gasteiger partial charge >= 0.3 is 0 Å². The van der Waals surface area contributed by atoms with E-state index in [0.29, 0.717) is 5.02 Å². The number of hydrogen-bond donors (Lipinski definition) is 2. The standard InChI is InChI=1S/C15H14ClFN2O/c1-9(11-4-2-3-5-13(11)16)19-15(20)12-8-10(17)6-7-14(12)18/h2-9H,18H2,1H3,(H,19,20)/t9-/m1/s1. The van der Waals surface area contributed by atoms with Gasteiger partial charge in [0.2, 0.25) is 0 Å². The molecule has 104 valence electrons. The summed E-state index contributed by atoms with van der Waals surface area (Å²) < 4.78 is 13.2. The molecule has 2 aromatic rings. The number of halogens is 2. The van der Waals surface area contributed by atoms with Crippen molar-refractivity contribution in [2.24, 2.45) is 0 Å². The predicted octanol–water partition coefficient (Wildman–Crippen LogP) is 3.55. The first kappa shape index (κ1) is 14.3. The zero-order valence-corrected chi connectivity index (χ0v) is 11.6. The van der Waals surface area contributed by atoms with Crippen LogP contribution < -0.4 is 11.1 Å². The molecule has 3 N–H and O–H groups in total. The van der Waals surface area contributed by atoms with Crippen LogP contribution in [0.4, 0.5) is 10.1 Å². The molecule has 2 aromatic carbocycles. The lowest BCUT2D eigenvalue weighted by Crippen LogP contribution is -2.27. The first-order chi connectivity index (χ1) is 9.49. The Labute approximate surface area is 121 Å². The Balaban J connectivity index is 2.20. The lowest BCUT2D eigenvalue weighted by Gasteiger charge is -2.16. The summed E-state index contributed by atoms with van der Waals surface area (Å²) in [6.07, 6.45) is 0. The maximum Gasteiger partial charge on any atom is 0.253 e. The SMILES string of the molecule is C[C@@H](NC(=O)c1cc(F)ccc1N)c1ccccc1Cl. The molecule has 0 aliphatic carbocycles. The third-order valence-corrected chi connectivity index (χ3v) is 3.32. The second-order valence-electron chi connectivity index (χ2n) is 4.45. The molecule has 5 heteroatoms. The van der Waals surface area contributed by atoms with Crippen molar-refractivity contribution in [3.05, 3.63) is 64.4 Å². The molecule has 0 fully saturated rings. The Kier molecular flexibility index (Phi) is 4.25. The summed E-state index contributed by atoms with van der Waals surface area (Å²) >= 11 is 6.07. The van der Waals surface area contributed by atoms with Gasteiger partial charge in [-0.15, -0.1) is 0 Å². The van der Waals surface area contributed by atoms with Gasteiger partial charge in [-0.25, -0.2) is 4.39 Å². The number of nitrogens with one attached hydrogen (secondary N) is 1. The lowest BCUT2D eigenvalue weighted by atomic mass is 10.1. The minimum absolute atomic E-state index is 0.115. The number of benzene rings is 2. The van der Waals surface area contributed by atoms with Gasteiger partial charge in [0.25, 0.3) is 5.91 Å². The molecule has 0 aliphatic heterocycles. The highest BCUT2D eigenvalue weighted by atomic mass is 35.5. The number of hydrogen-bond acceptors (Lipinski definition) is 2. The van der Waals surface area contributed by atoms with Crippen LogP contribution >= 0.6 is 11.6 Å². The maximum atomic E-state index is 13.2. The number of nitrogens with two attached hydrogens (primary N) is 1. The van der Waals surface area contributed by atoms with E-state index in [2.05, 4.69) is 5.32 Å². The Morgan fingerprint density at radius 1 is 1.30 bits per heavy atom. The second kappa shape index (κ2) is 5.92. The fourth-order valence-electron chi connectivity index (χ4n) is 1.90. The average molecular weight is 293 g/mol. The van der Waals surface area contributed by atoms with E-state index in [-0.39, 0.29) is 17.3 Å². The van der Waals surface area contributed by atoms with Crippen molar-refractivity contribution < 1.29 is 9.18 Å². The summed E-state index contributed by atoms with van der Waals surface area (Å²) in [5.74, 6) is -0.941. The normalized spacial score (nSPS) is 11.9. The van der Waals surface area contributed by atoms with E-state index >= 15 is 0 Å². The largest absolute Gasteiger partial charge is 0.398 e. The quantitative estimate of drug-likeness (QED) is 0.850. The van der Waals surface area contributed by atoms with E-state index in [9.17, 15) is 9.18 Å². The van der Waals surface area contributed by atoms with Gasteiger partial charge in [-0.3, -0.25) is 4.79 Å². The van der Waals surface area contributed by atoms with Gasteiger partial charge in [0.05, 0.1) is 11.6 Å². The lowest BCUT2D eigenvalue weighted by molar-refractivity contribution is 0.0940. The third kappa shape index (κ3) is 3.08. The van der Waals surface area contributed by atoms with Crippen LogP contribution in [0.15, 0.2) is 42.5 Å². The van der Waals surface area contributed by atoms with Crippen LogP contribution in [0.1, 0.15) is 28.9 Å². The maximum absolute atomic E-state index is 13.2. The highest BCUT2D eigenvalue weighted by Gasteiger charge is 2.16. The molecule has 0 heterocycles. The minimum atomic E-state index is -0.505. The first-order valence-corrected chi connectivity index (χ1v) is 6.47. The molecule has 0 radical (unpaired) electrons. The number of nitrogen functional groups attached to an aromatic ring is 1. The molecule has 0 spiro atoms. The van der Waals surface area contributed by atoms with E-state index in [1.807, 2.05) is 18.2 Å². The molecule has 0 aliphatic rings. The highest BCUT2D eigenvalue weighted by molar-refractivity contribution is 6.31. The smallest absolute Gasteiger partial charge is 0.253 e. The van der Waals surface area contributed by atoms with Crippen molar-refractivity contribution >= 4 is 23.2 Å². The van der Waals surface area contributed by atoms with Crippen LogP contribution in [0, 0.1) is 5.82 Å². The molecule has 1 amide bonds. The van der Waals surface area contributed by atoms with Gasteiger partial charge in [-0.05, 0) is 36.8 Å². The predicted molar refractivity (Wildman–Crippen MR) is 78.1 cm³/mol. The first-order valence-electron chi connectivity index (χ1n) is 6.09. The van der Waals surface area contributed by atoms with E-state index < -0.39 is 11.7 Å². The monoisotopic (exact) mass is 292 g/mol. The molecule has 0 bridgehead atoms. The molecular weight excluding hydrogens is 279 g/mol. The number of carbonyl (C=O) groups is 1. The van der Waals surface area contributed by atoms with E-state index in [4.69, 9.17) is 17.3 Å². The molecule has 3 nitrogen and oxygen atoms in total. The Morgan fingerprint density at radius 3 is 2.70 bits per heavy atom. The average Bonchev–Trinajstić information content (AvgIpc) is 2.41. The molecular formula is C15H14ClFN2O. The van der Waals surface area contributed by atoms with Crippen molar-refractivity contribution in [2.75, 3.05) is 5.73 Å². The van der Waals surface area contributed by atoms with E-state index in [0.717, 1.165) is 11.6 Å². The van der Waals surface area contributed by atoms with Crippen molar-refractivity contribution in [1.29, 1.82) is 0 Å². The fourth-order valence-corrected chi connectivity index (χ4v) is 2.20. The molecule has 2 rings (SSSR count). The van der Waals surface area contributed by atoms with Crippen molar-refractivity contribution in [3.63, 3.8) is 0 Å². The van der Waals surface area contributed by atoms with Crippen LogP contribution in [0.5, 0.6) is 0 Å². The van der Waals surface area contributed by atoms with E-state index in [1.165, 1.54) is 12.1 Å².